The molecule has 0 aliphatic rings. The highest BCUT2D eigenvalue weighted by Gasteiger charge is 2.29. The van der Waals surface area contributed by atoms with E-state index in [1.807, 2.05) is 13.8 Å². The highest BCUT2D eigenvalue weighted by molar-refractivity contribution is 5.88. The Morgan fingerprint density at radius 2 is 2.03 bits per heavy atom. The van der Waals surface area contributed by atoms with Gasteiger partial charge in [-0.05, 0) is 37.5 Å². The molecule has 3 rings (SSSR count). The number of fused-ring (bicyclic) bond motifs is 1. The predicted molar refractivity (Wildman–Crippen MR) is 117 cm³/mol. The zero-order valence-electron chi connectivity index (χ0n) is 18.3. The molecule has 3 N–H and O–H groups in total. The first-order valence-electron chi connectivity index (χ1n) is 10.1. The van der Waals surface area contributed by atoms with E-state index in [0.717, 1.165) is 0 Å². The minimum absolute atomic E-state index is 0.00349. The summed E-state index contributed by atoms with van der Waals surface area (Å²) in [5, 5.41) is 18.5. The van der Waals surface area contributed by atoms with Crippen molar-refractivity contribution in [1.82, 2.24) is 19.9 Å². The normalized spacial score (nSPS) is 13.1. The van der Waals surface area contributed by atoms with Gasteiger partial charge in [0.2, 0.25) is 5.91 Å². The summed E-state index contributed by atoms with van der Waals surface area (Å²) in [4.78, 5) is 26.9. The average molecular weight is 443 g/mol. The SMILES string of the molecule is CC(=O)Nc1cc(-c2ccc(OCC(C)(CC(C)C)NC(=O)O)c(F)c2)n2nccc2n1. The minimum Gasteiger partial charge on any atom is -0.488 e. The number of benzene rings is 1. The number of carboxylic acid groups (broad SMARTS) is 1. The van der Waals surface area contributed by atoms with Crippen molar-refractivity contribution in [3.05, 3.63) is 42.3 Å². The zero-order chi connectivity index (χ0) is 23.5. The average Bonchev–Trinajstić information content (AvgIpc) is 3.13. The molecule has 0 saturated carbocycles. The van der Waals surface area contributed by atoms with E-state index in [9.17, 15) is 14.0 Å². The number of hydrogen-bond acceptors (Lipinski definition) is 5. The Kier molecular flexibility index (Phi) is 6.61. The van der Waals surface area contributed by atoms with Crippen LogP contribution in [0.15, 0.2) is 36.5 Å². The number of aromatic nitrogens is 3. The molecular formula is C22H26FN5O4. The second kappa shape index (κ2) is 9.21. The van der Waals surface area contributed by atoms with Crippen molar-refractivity contribution in [2.75, 3.05) is 11.9 Å². The van der Waals surface area contributed by atoms with Gasteiger partial charge >= 0.3 is 6.09 Å². The fourth-order valence-corrected chi connectivity index (χ4v) is 3.68. The lowest BCUT2D eigenvalue weighted by Gasteiger charge is -2.31. The van der Waals surface area contributed by atoms with E-state index < -0.39 is 17.4 Å². The molecule has 2 aromatic heterocycles. The van der Waals surface area contributed by atoms with Crippen LogP contribution in [0.3, 0.4) is 0 Å². The molecule has 2 amide bonds. The number of carbonyl (C=O) groups is 2. The number of rotatable bonds is 8. The van der Waals surface area contributed by atoms with Crippen LogP contribution < -0.4 is 15.4 Å². The fraction of sp³-hybridized carbons (Fsp3) is 0.364. The molecule has 3 aromatic rings. The lowest BCUT2D eigenvalue weighted by atomic mass is 9.91. The van der Waals surface area contributed by atoms with Gasteiger partial charge in [0.25, 0.3) is 0 Å². The third-order valence-corrected chi connectivity index (χ3v) is 4.70. The van der Waals surface area contributed by atoms with E-state index >= 15 is 0 Å². The summed E-state index contributed by atoms with van der Waals surface area (Å²) in [6.07, 6.45) is 0.921. The number of anilines is 1. The predicted octanol–water partition coefficient (Wildman–Crippen LogP) is 3.95. The second-order valence-corrected chi connectivity index (χ2v) is 8.33. The van der Waals surface area contributed by atoms with Crippen molar-refractivity contribution in [3.8, 4) is 17.0 Å². The van der Waals surface area contributed by atoms with Gasteiger partial charge in [0.1, 0.15) is 12.4 Å². The van der Waals surface area contributed by atoms with Crippen LogP contribution in [-0.2, 0) is 4.79 Å². The van der Waals surface area contributed by atoms with E-state index in [2.05, 4.69) is 20.7 Å². The standard InChI is InChI=1S/C22H26FN5O4/c1-13(2)11-22(4,27-21(30)31)12-32-18-6-5-15(9-16(18)23)17-10-19(25-14(3)29)26-20-7-8-24-28(17)20/h5-10,13,27H,11-12H2,1-4H3,(H,30,31)(H,25,26,29). The lowest BCUT2D eigenvalue weighted by Crippen LogP contribution is -2.50. The molecule has 0 radical (unpaired) electrons. The maximum atomic E-state index is 14.9. The Hall–Kier alpha value is -3.69. The van der Waals surface area contributed by atoms with Crippen molar-refractivity contribution in [2.45, 2.75) is 39.7 Å². The van der Waals surface area contributed by atoms with Gasteiger partial charge in [-0.3, -0.25) is 4.79 Å². The van der Waals surface area contributed by atoms with E-state index in [0.29, 0.717) is 29.1 Å². The topological polar surface area (TPSA) is 118 Å². The van der Waals surface area contributed by atoms with Crippen molar-refractivity contribution >= 4 is 23.5 Å². The number of carbonyl (C=O) groups excluding carboxylic acids is 1. The van der Waals surface area contributed by atoms with Gasteiger partial charge in [0.05, 0.1) is 17.4 Å². The summed E-state index contributed by atoms with van der Waals surface area (Å²) in [6.45, 7) is 7.01. The molecule has 0 fully saturated rings. The smallest absolute Gasteiger partial charge is 0.405 e. The highest BCUT2D eigenvalue weighted by Crippen LogP contribution is 2.28. The molecule has 32 heavy (non-hydrogen) atoms. The van der Waals surface area contributed by atoms with E-state index in [4.69, 9.17) is 9.84 Å². The van der Waals surface area contributed by atoms with Crippen LogP contribution >= 0.6 is 0 Å². The van der Waals surface area contributed by atoms with E-state index in [1.54, 1.807) is 31.3 Å². The summed E-state index contributed by atoms with van der Waals surface area (Å²) in [7, 11) is 0. The van der Waals surface area contributed by atoms with Crippen molar-refractivity contribution < 1.29 is 23.8 Å². The third-order valence-electron chi connectivity index (χ3n) is 4.70. The summed E-state index contributed by atoms with van der Waals surface area (Å²) in [5.41, 5.74) is 0.666. The monoisotopic (exact) mass is 443 g/mol. The van der Waals surface area contributed by atoms with Crippen LogP contribution in [0, 0.1) is 11.7 Å². The Labute approximate surface area is 184 Å². The molecular weight excluding hydrogens is 417 g/mol. The van der Waals surface area contributed by atoms with E-state index in [-0.39, 0.29) is 24.2 Å². The van der Waals surface area contributed by atoms with Gasteiger partial charge in [-0.15, -0.1) is 0 Å². The molecule has 0 bridgehead atoms. The zero-order valence-corrected chi connectivity index (χ0v) is 18.3. The summed E-state index contributed by atoms with van der Waals surface area (Å²) < 4.78 is 22.1. The Balaban J connectivity index is 1.87. The summed E-state index contributed by atoms with van der Waals surface area (Å²) >= 11 is 0. The van der Waals surface area contributed by atoms with Crippen LogP contribution in [0.2, 0.25) is 0 Å². The van der Waals surface area contributed by atoms with Crippen LogP contribution in [0.5, 0.6) is 5.75 Å². The second-order valence-electron chi connectivity index (χ2n) is 8.33. The van der Waals surface area contributed by atoms with Gasteiger partial charge in [-0.1, -0.05) is 13.8 Å². The molecule has 2 heterocycles. The van der Waals surface area contributed by atoms with Crippen molar-refractivity contribution in [1.29, 1.82) is 0 Å². The van der Waals surface area contributed by atoms with Gasteiger partial charge in [0.15, 0.2) is 17.2 Å². The number of nitrogens with zero attached hydrogens (tertiary/aromatic N) is 3. The highest BCUT2D eigenvalue weighted by atomic mass is 19.1. The molecule has 0 aliphatic carbocycles. The van der Waals surface area contributed by atoms with Crippen molar-refractivity contribution in [2.24, 2.45) is 5.92 Å². The quantitative estimate of drug-likeness (QED) is 0.485. The number of ether oxygens (including phenoxy) is 1. The molecule has 10 heteroatoms. The Morgan fingerprint density at radius 3 is 2.66 bits per heavy atom. The van der Waals surface area contributed by atoms with Crippen LogP contribution in [0.4, 0.5) is 15.0 Å². The van der Waals surface area contributed by atoms with Crippen LogP contribution in [0.1, 0.15) is 34.1 Å². The Bertz CT molecular complexity index is 1150. The summed E-state index contributed by atoms with van der Waals surface area (Å²) in [5.74, 6) is -0.345. The van der Waals surface area contributed by atoms with Crippen LogP contribution in [0.25, 0.3) is 16.9 Å². The minimum atomic E-state index is -1.16. The molecule has 0 aliphatic heterocycles. The largest absolute Gasteiger partial charge is 0.488 e. The van der Waals surface area contributed by atoms with Gasteiger partial charge in [0, 0.05) is 24.6 Å². The van der Waals surface area contributed by atoms with Gasteiger partial charge < -0.3 is 20.5 Å². The number of hydrogen-bond donors (Lipinski definition) is 3. The summed E-state index contributed by atoms with van der Waals surface area (Å²) in [6, 6.07) is 7.72. The van der Waals surface area contributed by atoms with Crippen molar-refractivity contribution in [3.63, 3.8) is 0 Å². The van der Waals surface area contributed by atoms with Gasteiger partial charge in [-0.2, -0.15) is 5.10 Å². The third kappa shape index (κ3) is 5.51. The van der Waals surface area contributed by atoms with Gasteiger partial charge in [-0.25, -0.2) is 18.7 Å². The number of halogens is 1. The molecule has 1 aromatic carbocycles. The number of amides is 2. The first kappa shape index (κ1) is 23.0. The maximum absolute atomic E-state index is 14.9. The number of nitrogens with one attached hydrogen (secondary N) is 2. The molecule has 0 spiro atoms. The molecule has 1 unspecified atom stereocenters. The van der Waals surface area contributed by atoms with E-state index in [1.165, 1.54) is 23.6 Å². The first-order valence-corrected chi connectivity index (χ1v) is 10.1. The molecule has 1 atom stereocenters. The molecule has 0 saturated heterocycles. The first-order chi connectivity index (χ1) is 15.1. The maximum Gasteiger partial charge on any atom is 0.405 e. The lowest BCUT2D eigenvalue weighted by molar-refractivity contribution is -0.114. The van der Waals surface area contributed by atoms with Crippen LogP contribution in [-0.4, -0.2) is 43.9 Å². The Morgan fingerprint density at radius 1 is 1.28 bits per heavy atom. The fourth-order valence-electron chi connectivity index (χ4n) is 3.68. The molecule has 170 valence electrons. The molecule has 9 nitrogen and oxygen atoms in total.